The highest BCUT2D eigenvalue weighted by Crippen LogP contribution is 2.28. The van der Waals surface area contributed by atoms with Crippen LogP contribution in [0.5, 0.6) is 0 Å². The highest BCUT2D eigenvalue weighted by Gasteiger charge is 2.13. The fourth-order valence-corrected chi connectivity index (χ4v) is 2.07. The Balaban J connectivity index is 2.30. The van der Waals surface area contributed by atoms with Gasteiger partial charge in [0.1, 0.15) is 0 Å². The topological polar surface area (TPSA) is 64.3 Å². The number of hydrogen-bond acceptors (Lipinski definition) is 4. The van der Waals surface area contributed by atoms with Crippen LogP contribution < -0.4 is 11.1 Å². The number of carbonyl (C=O) groups is 1. The lowest BCUT2D eigenvalue weighted by Crippen LogP contribution is -2.09. The number of anilines is 3. The van der Waals surface area contributed by atoms with Gasteiger partial charge in [-0.05, 0) is 43.7 Å². The van der Waals surface area contributed by atoms with Crippen molar-refractivity contribution < 1.29 is 9.53 Å². The molecule has 2 rings (SSSR count). The predicted molar refractivity (Wildman–Crippen MR) is 86.3 cm³/mol. The number of nitrogens with two attached hydrogens (primary N) is 1. The molecule has 0 unspecified atom stereocenters. The number of rotatable bonds is 4. The van der Waals surface area contributed by atoms with Crippen LogP contribution >= 0.6 is 11.6 Å². The number of ether oxygens (including phenoxy) is 1. The molecule has 4 nitrogen and oxygen atoms in total. The summed E-state index contributed by atoms with van der Waals surface area (Å²) < 4.78 is 4.98. The van der Waals surface area contributed by atoms with Crippen LogP contribution in [0.2, 0.25) is 5.02 Å². The fraction of sp³-hybridized carbons (Fsp3) is 0.188. The van der Waals surface area contributed by atoms with Crippen molar-refractivity contribution in [3.8, 4) is 0 Å². The second-order valence-corrected chi connectivity index (χ2v) is 4.98. The molecule has 0 atom stereocenters. The van der Waals surface area contributed by atoms with E-state index >= 15 is 0 Å². The van der Waals surface area contributed by atoms with Crippen LogP contribution in [0.25, 0.3) is 0 Å². The summed E-state index contributed by atoms with van der Waals surface area (Å²) in [5.41, 5.74) is 9.17. The van der Waals surface area contributed by atoms with Gasteiger partial charge >= 0.3 is 5.97 Å². The monoisotopic (exact) mass is 304 g/mol. The zero-order valence-corrected chi connectivity index (χ0v) is 12.7. The number of hydrogen-bond donors (Lipinski definition) is 2. The van der Waals surface area contributed by atoms with Gasteiger partial charge < -0.3 is 15.8 Å². The molecule has 0 saturated heterocycles. The molecule has 2 aromatic carbocycles. The maximum Gasteiger partial charge on any atom is 0.340 e. The van der Waals surface area contributed by atoms with Crippen LogP contribution in [0.3, 0.4) is 0 Å². The minimum absolute atomic E-state index is 0.309. The molecular formula is C16H17ClN2O2. The number of esters is 1. The molecule has 0 aliphatic heterocycles. The molecular weight excluding hydrogens is 288 g/mol. The molecule has 2 aromatic rings. The van der Waals surface area contributed by atoms with Crippen LogP contribution in [-0.4, -0.2) is 12.6 Å². The summed E-state index contributed by atoms with van der Waals surface area (Å²) in [6, 6.07) is 10.8. The first-order valence-corrected chi connectivity index (χ1v) is 6.99. The fourth-order valence-electron chi connectivity index (χ4n) is 1.89. The van der Waals surface area contributed by atoms with Crippen molar-refractivity contribution >= 4 is 34.6 Å². The summed E-state index contributed by atoms with van der Waals surface area (Å²) in [6.07, 6.45) is 0. The van der Waals surface area contributed by atoms with Crippen molar-refractivity contribution in [2.75, 3.05) is 17.7 Å². The Hall–Kier alpha value is -2.20. The minimum Gasteiger partial charge on any atom is -0.462 e. The van der Waals surface area contributed by atoms with Crippen LogP contribution in [0.4, 0.5) is 17.1 Å². The Morgan fingerprint density at radius 2 is 2.10 bits per heavy atom. The number of para-hydroxylation sites is 1. The number of benzene rings is 2. The van der Waals surface area contributed by atoms with Crippen molar-refractivity contribution in [2.45, 2.75) is 13.8 Å². The van der Waals surface area contributed by atoms with Gasteiger partial charge in [0.2, 0.25) is 0 Å². The molecule has 0 aliphatic carbocycles. The van der Waals surface area contributed by atoms with Crippen LogP contribution in [0, 0.1) is 6.92 Å². The Morgan fingerprint density at radius 3 is 2.76 bits per heavy atom. The van der Waals surface area contributed by atoms with Gasteiger partial charge in [-0.3, -0.25) is 0 Å². The van der Waals surface area contributed by atoms with Gasteiger partial charge in [0.05, 0.1) is 23.5 Å². The average molecular weight is 305 g/mol. The number of halogens is 1. The van der Waals surface area contributed by atoms with E-state index in [4.69, 9.17) is 22.1 Å². The molecule has 110 valence electrons. The summed E-state index contributed by atoms with van der Waals surface area (Å²) in [7, 11) is 0. The molecule has 0 heterocycles. The minimum atomic E-state index is -0.430. The number of aryl methyl sites for hydroxylation is 1. The van der Waals surface area contributed by atoms with E-state index in [0.717, 1.165) is 11.3 Å². The van der Waals surface area contributed by atoms with Crippen LogP contribution in [-0.2, 0) is 4.74 Å². The molecule has 0 bridgehead atoms. The first-order valence-electron chi connectivity index (χ1n) is 6.61. The lowest BCUT2D eigenvalue weighted by Gasteiger charge is -2.13. The van der Waals surface area contributed by atoms with Gasteiger partial charge in [0, 0.05) is 10.7 Å². The first kappa shape index (κ1) is 15.2. The van der Waals surface area contributed by atoms with Crippen LogP contribution in [0.1, 0.15) is 22.8 Å². The lowest BCUT2D eigenvalue weighted by atomic mass is 10.1. The maximum atomic E-state index is 11.8. The summed E-state index contributed by atoms with van der Waals surface area (Å²) in [5.74, 6) is -0.430. The third-order valence-corrected chi connectivity index (χ3v) is 3.46. The molecule has 0 amide bonds. The van der Waals surface area contributed by atoms with Crippen molar-refractivity contribution in [3.63, 3.8) is 0 Å². The Labute approximate surface area is 128 Å². The Morgan fingerprint density at radius 1 is 1.33 bits per heavy atom. The van der Waals surface area contributed by atoms with Crippen molar-refractivity contribution in [1.82, 2.24) is 0 Å². The van der Waals surface area contributed by atoms with Crippen molar-refractivity contribution in [1.29, 1.82) is 0 Å². The Kier molecular flexibility index (Phi) is 4.70. The second kappa shape index (κ2) is 6.50. The second-order valence-electron chi connectivity index (χ2n) is 4.58. The molecule has 0 aromatic heterocycles. The SMILES string of the molecule is CCOC(=O)c1cccc(Nc2ccc(C)c(Cl)c2)c1N. The third-order valence-electron chi connectivity index (χ3n) is 3.05. The largest absolute Gasteiger partial charge is 0.462 e. The molecule has 21 heavy (non-hydrogen) atoms. The molecule has 0 fully saturated rings. The number of nitrogen functional groups attached to an aromatic ring is 1. The molecule has 5 heteroatoms. The molecule has 0 radical (unpaired) electrons. The van der Waals surface area contributed by atoms with Gasteiger partial charge in [-0.1, -0.05) is 23.7 Å². The highest BCUT2D eigenvalue weighted by molar-refractivity contribution is 6.31. The van der Waals surface area contributed by atoms with E-state index in [1.54, 1.807) is 25.1 Å². The first-order chi connectivity index (χ1) is 10.0. The number of nitrogens with one attached hydrogen (secondary N) is 1. The van der Waals surface area contributed by atoms with E-state index in [-0.39, 0.29) is 0 Å². The maximum absolute atomic E-state index is 11.8. The van der Waals surface area contributed by atoms with Crippen molar-refractivity contribution in [2.24, 2.45) is 0 Å². The van der Waals surface area contributed by atoms with Gasteiger partial charge in [-0.2, -0.15) is 0 Å². The van der Waals surface area contributed by atoms with Gasteiger partial charge in [-0.25, -0.2) is 4.79 Å². The van der Waals surface area contributed by atoms with E-state index in [1.807, 2.05) is 25.1 Å². The molecule has 0 spiro atoms. The van der Waals surface area contributed by atoms with Crippen LogP contribution in [0.15, 0.2) is 36.4 Å². The average Bonchev–Trinajstić information content (AvgIpc) is 2.45. The van der Waals surface area contributed by atoms with E-state index in [9.17, 15) is 4.79 Å². The van der Waals surface area contributed by atoms with Gasteiger partial charge in [-0.15, -0.1) is 0 Å². The summed E-state index contributed by atoms with van der Waals surface area (Å²) in [4.78, 5) is 11.8. The standard InChI is InChI=1S/C16H17ClN2O2/c1-3-21-16(20)12-5-4-6-14(15(12)18)19-11-8-7-10(2)13(17)9-11/h4-9,19H,3,18H2,1-2H3. The normalized spacial score (nSPS) is 10.2. The highest BCUT2D eigenvalue weighted by atomic mass is 35.5. The van der Waals surface area contributed by atoms with E-state index in [2.05, 4.69) is 5.32 Å². The Bertz CT molecular complexity index is 671. The van der Waals surface area contributed by atoms with Gasteiger partial charge in [0.25, 0.3) is 0 Å². The lowest BCUT2D eigenvalue weighted by molar-refractivity contribution is 0.0527. The van der Waals surface area contributed by atoms with E-state index in [0.29, 0.717) is 28.6 Å². The predicted octanol–water partition coefficient (Wildman–Crippen LogP) is 4.15. The zero-order chi connectivity index (χ0) is 15.4. The molecule has 3 N–H and O–H groups in total. The summed E-state index contributed by atoms with van der Waals surface area (Å²) in [5, 5.41) is 3.83. The third kappa shape index (κ3) is 3.47. The summed E-state index contributed by atoms with van der Waals surface area (Å²) >= 11 is 6.10. The zero-order valence-electron chi connectivity index (χ0n) is 11.9. The number of carbonyl (C=O) groups excluding carboxylic acids is 1. The molecule has 0 saturated carbocycles. The molecule has 0 aliphatic rings. The van der Waals surface area contributed by atoms with E-state index < -0.39 is 5.97 Å². The van der Waals surface area contributed by atoms with E-state index in [1.165, 1.54) is 0 Å². The quantitative estimate of drug-likeness (QED) is 0.658. The van der Waals surface area contributed by atoms with Crippen molar-refractivity contribution in [3.05, 3.63) is 52.5 Å². The smallest absolute Gasteiger partial charge is 0.340 e. The van der Waals surface area contributed by atoms with Gasteiger partial charge in [0.15, 0.2) is 0 Å². The summed E-state index contributed by atoms with van der Waals surface area (Å²) in [6.45, 7) is 4.00.